The minimum atomic E-state index is -0.523. The lowest BCUT2D eigenvalue weighted by Gasteiger charge is -2.07. The molecule has 4 nitrogen and oxygen atoms in total. The van der Waals surface area contributed by atoms with E-state index in [9.17, 15) is 18.4 Å². The van der Waals surface area contributed by atoms with Crippen LogP contribution in [-0.2, 0) is 32.3 Å². The van der Waals surface area contributed by atoms with Crippen molar-refractivity contribution in [2.45, 2.75) is 32.5 Å². The second kappa shape index (κ2) is 9.52. The second-order valence-electron chi connectivity index (χ2n) is 5.36. The number of halogens is 2. The van der Waals surface area contributed by atoms with E-state index in [1.54, 1.807) is 24.3 Å². The lowest BCUT2D eigenvalue weighted by Crippen LogP contribution is -2.09. The van der Waals surface area contributed by atoms with Gasteiger partial charge in [0.2, 0.25) is 0 Å². The Labute approximate surface area is 144 Å². The number of hydrogen-bond acceptors (Lipinski definition) is 4. The summed E-state index contributed by atoms with van der Waals surface area (Å²) < 4.78 is 36.7. The second-order valence-corrected chi connectivity index (χ2v) is 5.36. The Morgan fingerprint density at radius 1 is 0.720 bits per heavy atom. The summed E-state index contributed by atoms with van der Waals surface area (Å²) in [7, 11) is 0. The van der Waals surface area contributed by atoms with E-state index in [4.69, 9.17) is 9.47 Å². The number of carbonyl (C=O) groups is 2. The van der Waals surface area contributed by atoms with Crippen molar-refractivity contribution in [3.8, 4) is 0 Å². The molecule has 0 saturated carbocycles. The Balaban J connectivity index is 1.63. The summed E-state index contributed by atoms with van der Waals surface area (Å²) in [6, 6.07) is 12.0. The maximum absolute atomic E-state index is 13.4. The average Bonchev–Trinajstić information content (AvgIpc) is 2.60. The van der Waals surface area contributed by atoms with Gasteiger partial charge in [-0.3, -0.25) is 9.59 Å². The van der Waals surface area contributed by atoms with Crippen LogP contribution >= 0.6 is 0 Å². The van der Waals surface area contributed by atoms with Gasteiger partial charge < -0.3 is 9.47 Å². The molecule has 0 radical (unpaired) electrons. The van der Waals surface area contributed by atoms with Gasteiger partial charge in [0.15, 0.2) is 0 Å². The number of rotatable bonds is 8. The molecular weight excluding hydrogens is 330 g/mol. The molecule has 25 heavy (non-hydrogen) atoms. The molecule has 2 aromatic rings. The SMILES string of the molecule is O=C(CCCC(=O)OCc1ccccc1F)OCc1ccccc1F. The summed E-state index contributed by atoms with van der Waals surface area (Å²) >= 11 is 0. The molecule has 0 N–H and O–H groups in total. The number of carbonyl (C=O) groups excluding carboxylic acids is 2. The van der Waals surface area contributed by atoms with Crippen molar-refractivity contribution in [3.05, 3.63) is 71.3 Å². The molecule has 0 aliphatic carbocycles. The van der Waals surface area contributed by atoms with Crippen molar-refractivity contribution in [2.75, 3.05) is 0 Å². The van der Waals surface area contributed by atoms with Crippen LogP contribution in [0.15, 0.2) is 48.5 Å². The van der Waals surface area contributed by atoms with Crippen molar-refractivity contribution in [2.24, 2.45) is 0 Å². The maximum Gasteiger partial charge on any atom is 0.306 e. The predicted molar refractivity (Wildman–Crippen MR) is 86.2 cm³/mol. The van der Waals surface area contributed by atoms with Crippen molar-refractivity contribution < 1.29 is 27.8 Å². The first-order valence-electron chi connectivity index (χ1n) is 7.84. The number of hydrogen-bond donors (Lipinski definition) is 0. The summed E-state index contributed by atoms with van der Waals surface area (Å²) in [5.41, 5.74) is 0.584. The Morgan fingerprint density at radius 2 is 1.12 bits per heavy atom. The molecule has 0 aliphatic heterocycles. The smallest absolute Gasteiger partial charge is 0.306 e. The molecule has 0 spiro atoms. The maximum atomic E-state index is 13.4. The average molecular weight is 348 g/mol. The van der Waals surface area contributed by atoms with Gasteiger partial charge in [0.25, 0.3) is 0 Å². The fraction of sp³-hybridized carbons (Fsp3) is 0.263. The topological polar surface area (TPSA) is 52.6 Å². The molecule has 0 heterocycles. The van der Waals surface area contributed by atoms with Crippen molar-refractivity contribution in [3.63, 3.8) is 0 Å². The van der Waals surface area contributed by atoms with Crippen LogP contribution in [0.3, 0.4) is 0 Å². The van der Waals surface area contributed by atoms with E-state index in [0.29, 0.717) is 11.1 Å². The normalized spacial score (nSPS) is 10.3. The number of ether oxygens (including phenoxy) is 2. The molecule has 0 fully saturated rings. The van der Waals surface area contributed by atoms with Crippen molar-refractivity contribution >= 4 is 11.9 Å². The molecule has 6 heteroatoms. The fourth-order valence-electron chi connectivity index (χ4n) is 2.07. The van der Waals surface area contributed by atoms with Gasteiger partial charge in [-0.15, -0.1) is 0 Å². The van der Waals surface area contributed by atoms with Gasteiger partial charge in [0.05, 0.1) is 0 Å². The lowest BCUT2D eigenvalue weighted by atomic mass is 10.2. The van der Waals surface area contributed by atoms with Crippen LogP contribution in [-0.4, -0.2) is 11.9 Å². The van der Waals surface area contributed by atoms with E-state index in [1.165, 1.54) is 24.3 Å². The highest BCUT2D eigenvalue weighted by Crippen LogP contribution is 2.10. The zero-order valence-electron chi connectivity index (χ0n) is 13.5. The first-order valence-corrected chi connectivity index (χ1v) is 7.84. The summed E-state index contributed by atoms with van der Waals surface area (Å²) in [5, 5.41) is 0. The highest BCUT2D eigenvalue weighted by molar-refractivity contribution is 5.72. The third kappa shape index (κ3) is 6.33. The quantitative estimate of drug-likeness (QED) is 0.679. The molecule has 0 amide bonds. The summed E-state index contributed by atoms with van der Waals surface area (Å²) in [6.45, 7) is -0.299. The van der Waals surface area contributed by atoms with Crippen LogP contribution in [0.5, 0.6) is 0 Å². The van der Waals surface area contributed by atoms with Crippen LogP contribution in [0.4, 0.5) is 8.78 Å². The van der Waals surface area contributed by atoms with E-state index in [1.807, 2.05) is 0 Å². The third-order valence-corrected chi connectivity index (χ3v) is 3.45. The molecule has 0 unspecified atom stereocenters. The molecule has 0 bridgehead atoms. The lowest BCUT2D eigenvalue weighted by molar-refractivity contribution is -0.146. The first-order chi connectivity index (χ1) is 12.1. The van der Waals surface area contributed by atoms with Crippen LogP contribution in [0, 0.1) is 11.6 Å². The molecule has 0 atom stereocenters. The molecule has 2 aromatic carbocycles. The Hall–Kier alpha value is -2.76. The Morgan fingerprint density at radius 3 is 1.52 bits per heavy atom. The van der Waals surface area contributed by atoms with E-state index in [2.05, 4.69) is 0 Å². The van der Waals surface area contributed by atoms with Crippen LogP contribution in [0.1, 0.15) is 30.4 Å². The Kier molecular flexibility index (Phi) is 7.07. The van der Waals surface area contributed by atoms with E-state index in [0.717, 1.165) is 0 Å². The molecule has 132 valence electrons. The van der Waals surface area contributed by atoms with E-state index < -0.39 is 23.6 Å². The molecule has 0 aromatic heterocycles. The van der Waals surface area contributed by atoms with Crippen molar-refractivity contribution in [1.82, 2.24) is 0 Å². The summed E-state index contributed by atoms with van der Waals surface area (Å²) in [5.74, 6) is -1.92. The largest absolute Gasteiger partial charge is 0.461 e. The van der Waals surface area contributed by atoms with Crippen LogP contribution in [0.2, 0.25) is 0 Å². The standard InChI is InChI=1S/C19H18F2O4/c20-16-8-3-1-6-14(16)12-24-18(22)10-5-11-19(23)25-13-15-7-2-4-9-17(15)21/h1-4,6-9H,5,10-13H2. The molecule has 0 saturated heterocycles. The highest BCUT2D eigenvalue weighted by atomic mass is 19.1. The predicted octanol–water partition coefficient (Wildman–Crippen LogP) is 3.92. The van der Waals surface area contributed by atoms with Gasteiger partial charge in [0.1, 0.15) is 24.8 Å². The van der Waals surface area contributed by atoms with Gasteiger partial charge in [-0.25, -0.2) is 8.78 Å². The monoisotopic (exact) mass is 348 g/mol. The zero-order valence-corrected chi connectivity index (χ0v) is 13.5. The van der Waals surface area contributed by atoms with E-state index >= 15 is 0 Å². The van der Waals surface area contributed by atoms with E-state index in [-0.39, 0.29) is 32.5 Å². The highest BCUT2D eigenvalue weighted by Gasteiger charge is 2.10. The number of esters is 2. The molecular formula is C19H18F2O4. The fourth-order valence-corrected chi connectivity index (χ4v) is 2.07. The first kappa shape index (κ1) is 18.6. The van der Waals surface area contributed by atoms with Gasteiger partial charge in [0, 0.05) is 24.0 Å². The third-order valence-electron chi connectivity index (χ3n) is 3.45. The van der Waals surface area contributed by atoms with Gasteiger partial charge in [-0.05, 0) is 18.6 Å². The number of benzene rings is 2. The van der Waals surface area contributed by atoms with Gasteiger partial charge in [-0.1, -0.05) is 36.4 Å². The summed E-state index contributed by atoms with van der Waals surface area (Å²) in [6.07, 6.45) is 0.276. The van der Waals surface area contributed by atoms with Crippen LogP contribution < -0.4 is 0 Å². The van der Waals surface area contributed by atoms with Crippen LogP contribution in [0.25, 0.3) is 0 Å². The zero-order chi connectivity index (χ0) is 18.1. The summed E-state index contributed by atoms with van der Waals surface area (Å²) in [4.78, 5) is 23.2. The molecule has 0 aliphatic rings. The minimum absolute atomic E-state index is 0.0171. The van der Waals surface area contributed by atoms with Crippen molar-refractivity contribution in [1.29, 1.82) is 0 Å². The van der Waals surface area contributed by atoms with Gasteiger partial charge >= 0.3 is 11.9 Å². The minimum Gasteiger partial charge on any atom is -0.461 e. The Bertz CT molecular complexity index is 669. The van der Waals surface area contributed by atoms with Gasteiger partial charge in [-0.2, -0.15) is 0 Å². The molecule has 2 rings (SSSR count).